The molecule has 16 heavy (non-hydrogen) atoms. The Morgan fingerprint density at radius 2 is 2.00 bits per heavy atom. The Morgan fingerprint density at radius 3 is 2.38 bits per heavy atom. The molecule has 1 atom stereocenters. The molecule has 0 saturated heterocycles. The molecule has 94 valence electrons. The van der Waals surface area contributed by atoms with Gasteiger partial charge in [0.1, 0.15) is 5.54 Å². The molecule has 0 heterocycles. The van der Waals surface area contributed by atoms with E-state index in [1.54, 1.807) is 0 Å². The maximum Gasteiger partial charge on any atom is 0.406 e. The van der Waals surface area contributed by atoms with Gasteiger partial charge in [0, 0.05) is 6.54 Å². The molecule has 1 fully saturated rings. The lowest BCUT2D eigenvalue weighted by atomic mass is 10.2. The first-order chi connectivity index (χ1) is 7.32. The van der Waals surface area contributed by atoms with Gasteiger partial charge in [-0.25, -0.2) is 0 Å². The highest BCUT2D eigenvalue weighted by atomic mass is 19.4. The summed E-state index contributed by atoms with van der Waals surface area (Å²) >= 11 is 0. The van der Waals surface area contributed by atoms with E-state index in [2.05, 4.69) is 10.6 Å². The van der Waals surface area contributed by atoms with E-state index >= 15 is 0 Å². The average molecular weight is 238 g/mol. The summed E-state index contributed by atoms with van der Waals surface area (Å²) in [5, 5.41) is 4.94. The number of amides is 1. The maximum absolute atomic E-state index is 12.6. The van der Waals surface area contributed by atoms with Gasteiger partial charge in [-0.15, -0.1) is 0 Å². The lowest BCUT2D eigenvalue weighted by Crippen LogP contribution is -2.53. The molecule has 1 unspecified atom stereocenters. The first kappa shape index (κ1) is 13.3. The van der Waals surface area contributed by atoms with Crippen LogP contribution in [0.1, 0.15) is 33.1 Å². The predicted molar refractivity (Wildman–Crippen MR) is 53.9 cm³/mol. The van der Waals surface area contributed by atoms with Crippen LogP contribution in [-0.2, 0) is 4.79 Å². The number of hydrogen-bond donors (Lipinski definition) is 2. The highest BCUT2D eigenvalue weighted by Gasteiger charge is 2.63. The molecule has 0 bridgehead atoms. The molecule has 1 aliphatic carbocycles. The number of alkyl halides is 3. The van der Waals surface area contributed by atoms with E-state index in [9.17, 15) is 18.0 Å². The third-order valence-electron chi connectivity index (χ3n) is 2.73. The van der Waals surface area contributed by atoms with E-state index < -0.39 is 17.8 Å². The van der Waals surface area contributed by atoms with Crippen molar-refractivity contribution in [1.82, 2.24) is 10.6 Å². The Labute approximate surface area is 92.8 Å². The quantitative estimate of drug-likeness (QED) is 0.763. The molecule has 1 aliphatic rings. The molecule has 0 aliphatic heterocycles. The van der Waals surface area contributed by atoms with Gasteiger partial charge in [0.05, 0.1) is 6.04 Å². The van der Waals surface area contributed by atoms with E-state index in [4.69, 9.17) is 0 Å². The second-order valence-corrected chi connectivity index (χ2v) is 4.24. The lowest BCUT2D eigenvalue weighted by Gasteiger charge is -2.24. The van der Waals surface area contributed by atoms with Crippen LogP contribution in [0.3, 0.4) is 0 Å². The third kappa shape index (κ3) is 2.87. The van der Waals surface area contributed by atoms with Crippen molar-refractivity contribution in [1.29, 1.82) is 0 Å². The van der Waals surface area contributed by atoms with Crippen molar-refractivity contribution in [3.05, 3.63) is 0 Å². The number of rotatable bonds is 5. The predicted octanol–water partition coefficient (Wildman–Crippen LogP) is 1.59. The largest absolute Gasteiger partial charge is 0.406 e. The van der Waals surface area contributed by atoms with Crippen LogP contribution >= 0.6 is 0 Å². The van der Waals surface area contributed by atoms with E-state index in [0.29, 0.717) is 6.54 Å². The molecule has 1 amide bonds. The first-order valence-electron chi connectivity index (χ1n) is 5.44. The number of halogens is 3. The van der Waals surface area contributed by atoms with Crippen molar-refractivity contribution in [3.8, 4) is 0 Å². The molecule has 6 heteroatoms. The van der Waals surface area contributed by atoms with Crippen LogP contribution in [0.2, 0.25) is 0 Å². The fraction of sp³-hybridized carbons (Fsp3) is 0.900. The van der Waals surface area contributed by atoms with Gasteiger partial charge in [-0.05, 0) is 26.2 Å². The summed E-state index contributed by atoms with van der Waals surface area (Å²) in [6.07, 6.45) is -3.39. The van der Waals surface area contributed by atoms with Crippen molar-refractivity contribution in [2.45, 2.75) is 50.9 Å². The molecule has 0 aromatic heterocycles. The van der Waals surface area contributed by atoms with Crippen LogP contribution in [0, 0.1) is 0 Å². The Morgan fingerprint density at radius 1 is 1.44 bits per heavy atom. The molecule has 3 nitrogen and oxygen atoms in total. The standard InChI is InChI=1S/C10H17F3N2O/c1-3-6-14-8(16)7(2)15-9(4-5-9)10(11,12)13/h7,15H,3-6H2,1-2H3,(H,14,16). The van der Waals surface area contributed by atoms with Crippen LogP contribution in [0.5, 0.6) is 0 Å². The highest BCUT2D eigenvalue weighted by Crippen LogP contribution is 2.49. The number of hydrogen-bond acceptors (Lipinski definition) is 2. The van der Waals surface area contributed by atoms with Gasteiger partial charge in [-0.1, -0.05) is 6.92 Å². The normalized spacial score (nSPS) is 20.3. The van der Waals surface area contributed by atoms with E-state index in [-0.39, 0.29) is 18.7 Å². The Balaban J connectivity index is 2.45. The van der Waals surface area contributed by atoms with Crippen molar-refractivity contribution >= 4 is 5.91 Å². The van der Waals surface area contributed by atoms with E-state index in [1.807, 2.05) is 6.92 Å². The van der Waals surface area contributed by atoms with Crippen LogP contribution < -0.4 is 10.6 Å². The molecule has 1 saturated carbocycles. The number of nitrogens with one attached hydrogen (secondary N) is 2. The monoisotopic (exact) mass is 238 g/mol. The molecular formula is C10H17F3N2O. The Hall–Kier alpha value is -0.780. The Bertz CT molecular complexity index is 261. The zero-order chi connectivity index (χ0) is 12.4. The average Bonchev–Trinajstić information content (AvgIpc) is 2.94. The van der Waals surface area contributed by atoms with Crippen molar-refractivity contribution in [2.24, 2.45) is 0 Å². The highest BCUT2D eigenvalue weighted by molar-refractivity contribution is 5.81. The van der Waals surface area contributed by atoms with Gasteiger partial charge in [-0.3, -0.25) is 10.1 Å². The minimum absolute atomic E-state index is 0.0574. The van der Waals surface area contributed by atoms with Crippen molar-refractivity contribution in [3.63, 3.8) is 0 Å². The van der Waals surface area contributed by atoms with E-state index in [0.717, 1.165) is 6.42 Å². The summed E-state index contributed by atoms with van der Waals surface area (Å²) in [5.41, 5.74) is -1.82. The molecule has 0 aromatic rings. The minimum Gasteiger partial charge on any atom is -0.355 e. The zero-order valence-corrected chi connectivity index (χ0v) is 9.45. The first-order valence-corrected chi connectivity index (χ1v) is 5.44. The summed E-state index contributed by atoms with van der Waals surface area (Å²) in [6.45, 7) is 3.83. The van der Waals surface area contributed by atoms with Crippen LogP contribution in [0.4, 0.5) is 13.2 Å². The fourth-order valence-electron chi connectivity index (χ4n) is 1.52. The third-order valence-corrected chi connectivity index (χ3v) is 2.73. The van der Waals surface area contributed by atoms with Gasteiger partial charge in [0.15, 0.2) is 0 Å². The second kappa shape index (κ2) is 4.61. The number of carbonyl (C=O) groups excluding carboxylic acids is 1. The van der Waals surface area contributed by atoms with Crippen molar-refractivity contribution in [2.75, 3.05) is 6.54 Å². The summed E-state index contributed by atoms with van der Waals surface area (Å²) in [5.74, 6) is -0.377. The molecule has 1 rings (SSSR count). The molecule has 0 spiro atoms. The van der Waals surface area contributed by atoms with E-state index in [1.165, 1.54) is 6.92 Å². The van der Waals surface area contributed by atoms with Gasteiger partial charge in [0.2, 0.25) is 5.91 Å². The number of carbonyl (C=O) groups is 1. The molecule has 2 N–H and O–H groups in total. The topological polar surface area (TPSA) is 41.1 Å². The SMILES string of the molecule is CCCNC(=O)C(C)NC1(C(F)(F)F)CC1. The van der Waals surface area contributed by atoms with Gasteiger partial charge >= 0.3 is 6.18 Å². The summed E-state index contributed by atoms with van der Waals surface area (Å²) in [6, 6.07) is -0.810. The van der Waals surface area contributed by atoms with Crippen LogP contribution in [-0.4, -0.2) is 30.2 Å². The smallest absolute Gasteiger partial charge is 0.355 e. The molecule has 0 radical (unpaired) electrons. The minimum atomic E-state index is -4.27. The summed E-state index contributed by atoms with van der Waals surface area (Å²) in [7, 11) is 0. The summed E-state index contributed by atoms with van der Waals surface area (Å²) < 4.78 is 37.7. The maximum atomic E-state index is 12.6. The van der Waals surface area contributed by atoms with Gasteiger partial charge < -0.3 is 5.32 Å². The molecule has 0 aromatic carbocycles. The molecular weight excluding hydrogens is 221 g/mol. The van der Waals surface area contributed by atoms with Gasteiger partial charge in [-0.2, -0.15) is 13.2 Å². The van der Waals surface area contributed by atoms with Crippen LogP contribution in [0.25, 0.3) is 0 Å². The second-order valence-electron chi connectivity index (χ2n) is 4.24. The summed E-state index contributed by atoms with van der Waals surface area (Å²) in [4.78, 5) is 11.4. The van der Waals surface area contributed by atoms with Crippen molar-refractivity contribution < 1.29 is 18.0 Å². The van der Waals surface area contributed by atoms with Gasteiger partial charge in [0.25, 0.3) is 0 Å². The zero-order valence-electron chi connectivity index (χ0n) is 9.45. The fourth-order valence-corrected chi connectivity index (χ4v) is 1.52. The lowest BCUT2D eigenvalue weighted by molar-refractivity contribution is -0.168. The van der Waals surface area contributed by atoms with Crippen LogP contribution in [0.15, 0.2) is 0 Å². The Kier molecular flexibility index (Phi) is 3.83.